The lowest BCUT2D eigenvalue weighted by Gasteiger charge is -2.33. The van der Waals surface area contributed by atoms with Crippen LogP contribution < -0.4 is 0 Å². The molecular weight excluding hydrogens is 200 g/mol. The number of aryl methyl sites for hydroxylation is 1. The van der Waals surface area contributed by atoms with Crippen LogP contribution in [-0.4, -0.2) is 39.3 Å². The second-order valence-electron chi connectivity index (χ2n) is 5.29. The molecular formula is C12H22N4. The summed E-state index contributed by atoms with van der Waals surface area (Å²) < 4.78 is 2.06. The molecule has 16 heavy (non-hydrogen) atoms. The van der Waals surface area contributed by atoms with Crippen LogP contribution in [0.3, 0.4) is 0 Å². The number of hydrogen-bond acceptors (Lipinski definition) is 3. The lowest BCUT2D eigenvalue weighted by atomic mass is 9.96. The van der Waals surface area contributed by atoms with Crippen molar-refractivity contribution in [1.29, 1.82) is 0 Å². The molecule has 1 saturated heterocycles. The SMILES string of the molecule is CC(C)CN1CCC[C@H](c2nncn2C)C1. The Hall–Kier alpha value is -0.900. The lowest BCUT2D eigenvalue weighted by Crippen LogP contribution is -2.37. The Kier molecular flexibility index (Phi) is 3.59. The summed E-state index contributed by atoms with van der Waals surface area (Å²) >= 11 is 0. The van der Waals surface area contributed by atoms with Gasteiger partial charge in [0, 0.05) is 26.1 Å². The molecule has 1 aliphatic heterocycles. The van der Waals surface area contributed by atoms with Crippen molar-refractivity contribution in [2.45, 2.75) is 32.6 Å². The molecule has 4 heteroatoms. The van der Waals surface area contributed by atoms with Gasteiger partial charge in [-0.05, 0) is 25.3 Å². The van der Waals surface area contributed by atoms with Gasteiger partial charge in [0.2, 0.25) is 0 Å². The molecule has 2 heterocycles. The molecule has 1 aromatic rings. The second-order valence-corrected chi connectivity index (χ2v) is 5.29. The number of likely N-dealkylation sites (tertiary alicyclic amines) is 1. The van der Waals surface area contributed by atoms with E-state index in [1.807, 2.05) is 7.05 Å². The maximum Gasteiger partial charge on any atom is 0.136 e. The van der Waals surface area contributed by atoms with E-state index < -0.39 is 0 Å². The van der Waals surface area contributed by atoms with E-state index in [0.29, 0.717) is 5.92 Å². The molecule has 0 aliphatic carbocycles. The van der Waals surface area contributed by atoms with Crippen molar-refractivity contribution < 1.29 is 0 Å². The van der Waals surface area contributed by atoms with Crippen LogP contribution in [0, 0.1) is 5.92 Å². The minimum Gasteiger partial charge on any atom is -0.320 e. The van der Waals surface area contributed by atoms with Crippen LogP contribution in [0.15, 0.2) is 6.33 Å². The maximum atomic E-state index is 4.24. The van der Waals surface area contributed by atoms with E-state index in [-0.39, 0.29) is 0 Å². The summed E-state index contributed by atoms with van der Waals surface area (Å²) in [5.74, 6) is 2.46. The largest absolute Gasteiger partial charge is 0.320 e. The lowest BCUT2D eigenvalue weighted by molar-refractivity contribution is 0.183. The van der Waals surface area contributed by atoms with Gasteiger partial charge in [0.25, 0.3) is 0 Å². The van der Waals surface area contributed by atoms with Gasteiger partial charge in [0.05, 0.1) is 0 Å². The third kappa shape index (κ3) is 2.61. The Morgan fingerprint density at radius 1 is 1.50 bits per heavy atom. The summed E-state index contributed by atoms with van der Waals surface area (Å²) in [6.45, 7) is 8.16. The van der Waals surface area contributed by atoms with Crippen LogP contribution >= 0.6 is 0 Å². The molecule has 90 valence electrons. The van der Waals surface area contributed by atoms with E-state index in [4.69, 9.17) is 0 Å². The van der Waals surface area contributed by atoms with Gasteiger partial charge in [-0.1, -0.05) is 13.8 Å². The number of piperidine rings is 1. The monoisotopic (exact) mass is 222 g/mol. The van der Waals surface area contributed by atoms with E-state index in [1.54, 1.807) is 6.33 Å². The molecule has 1 fully saturated rings. The van der Waals surface area contributed by atoms with E-state index in [1.165, 1.54) is 25.9 Å². The van der Waals surface area contributed by atoms with E-state index in [9.17, 15) is 0 Å². The Bertz CT molecular complexity index is 332. The Labute approximate surface area is 97.7 Å². The molecule has 0 saturated carbocycles. The molecule has 1 aliphatic rings. The van der Waals surface area contributed by atoms with E-state index >= 15 is 0 Å². The van der Waals surface area contributed by atoms with E-state index in [0.717, 1.165) is 18.3 Å². The van der Waals surface area contributed by atoms with Crippen LogP contribution in [0.25, 0.3) is 0 Å². The first-order valence-electron chi connectivity index (χ1n) is 6.23. The van der Waals surface area contributed by atoms with Gasteiger partial charge in [0.1, 0.15) is 12.2 Å². The highest BCUT2D eigenvalue weighted by molar-refractivity contribution is 4.99. The molecule has 1 atom stereocenters. The van der Waals surface area contributed by atoms with Crippen molar-refractivity contribution in [2.24, 2.45) is 13.0 Å². The average Bonchev–Trinajstić information content (AvgIpc) is 2.64. The Balaban J connectivity index is 1.99. The van der Waals surface area contributed by atoms with Gasteiger partial charge >= 0.3 is 0 Å². The predicted octanol–water partition coefficient (Wildman–Crippen LogP) is 1.65. The van der Waals surface area contributed by atoms with Crippen LogP contribution in [0.1, 0.15) is 38.4 Å². The van der Waals surface area contributed by atoms with Gasteiger partial charge in [0.15, 0.2) is 0 Å². The highest BCUT2D eigenvalue weighted by atomic mass is 15.3. The second kappa shape index (κ2) is 4.95. The zero-order valence-corrected chi connectivity index (χ0v) is 10.6. The fraction of sp³-hybridized carbons (Fsp3) is 0.833. The Morgan fingerprint density at radius 2 is 2.31 bits per heavy atom. The standard InChI is InChI=1S/C12H22N4/c1-10(2)7-16-6-4-5-11(8-16)12-14-13-9-15(12)3/h9-11H,4-8H2,1-3H3/t11-/m0/s1. The van der Waals surface area contributed by atoms with Gasteiger partial charge in [-0.3, -0.25) is 0 Å². The zero-order chi connectivity index (χ0) is 11.5. The highest BCUT2D eigenvalue weighted by Gasteiger charge is 2.24. The van der Waals surface area contributed by atoms with Crippen molar-refractivity contribution in [2.75, 3.05) is 19.6 Å². The summed E-state index contributed by atoms with van der Waals surface area (Å²) in [6.07, 6.45) is 4.34. The summed E-state index contributed by atoms with van der Waals surface area (Å²) in [6, 6.07) is 0. The smallest absolute Gasteiger partial charge is 0.136 e. The van der Waals surface area contributed by atoms with Gasteiger partial charge in [-0.2, -0.15) is 0 Å². The third-order valence-corrected chi connectivity index (χ3v) is 3.24. The number of nitrogens with zero attached hydrogens (tertiary/aromatic N) is 4. The Morgan fingerprint density at radius 3 is 2.94 bits per heavy atom. The zero-order valence-electron chi connectivity index (χ0n) is 10.6. The summed E-state index contributed by atoms with van der Waals surface area (Å²) in [4.78, 5) is 2.56. The van der Waals surface area contributed by atoms with Crippen molar-refractivity contribution in [3.63, 3.8) is 0 Å². The summed E-state index contributed by atoms with van der Waals surface area (Å²) in [5, 5.41) is 8.22. The minimum atomic E-state index is 0.569. The maximum absolute atomic E-state index is 4.24. The van der Waals surface area contributed by atoms with Crippen LogP contribution in [0.5, 0.6) is 0 Å². The molecule has 0 unspecified atom stereocenters. The molecule has 1 aromatic heterocycles. The first-order chi connectivity index (χ1) is 7.66. The number of rotatable bonds is 3. The van der Waals surface area contributed by atoms with Crippen molar-refractivity contribution in [3.05, 3.63) is 12.2 Å². The molecule has 0 spiro atoms. The quantitative estimate of drug-likeness (QED) is 0.780. The fourth-order valence-corrected chi connectivity index (χ4v) is 2.61. The third-order valence-electron chi connectivity index (χ3n) is 3.24. The summed E-state index contributed by atoms with van der Waals surface area (Å²) in [7, 11) is 2.04. The first-order valence-corrected chi connectivity index (χ1v) is 6.23. The number of hydrogen-bond donors (Lipinski definition) is 0. The topological polar surface area (TPSA) is 34.0 Å². The molecule has 0 bridgehead atoms. The van der Waals surface area contributed by atoms with Gasteiger partial charge < -0.3 is 9.47 Å². The molecule has 0 radical (unpaired) electrons. The van der Waals surface area contributed by atoms with Crippen LogP contribution in [0.2, 0.25) is 0 Å². The summed E-state index contributed by atoms with van der Waals surface area (Å²) in [5.41, 5.74) is 0. The predicted molar refractivity (Wildman–Crippen MR) is 64.3 cm³/mol. The first kappa shape index (κ1) is 11.6. The fourth-order valence-electron chi connectivity index (χ4n) is 2.61. The molecule has 0 aromatic carbocycles. The highest BCUT2D eigenvalue weighted by Crippen LogP contribution is 2.25. The van der Waals surface area contributed by atoms with Gasteiger partial charge in [-0.25, -0.2) is 0 Å². The molecule has 0 amide bonds. The molecule has 0 N–H and O–H groups in total. The molecule has 4 nitrogen and oxygen atoms in total. The number of aromatic nitrogens is 3. The van der Waals surface area contributed by atoms with Crippen molar-refractivity contribution in [3.8, 4) is 0 Å². The van der Waals surface area contributed by atoms with Crippen molar-refractivity contribution in [1.82, 2.24) is 19.7 Å². The average molecular weight is 222 g/mol. The van der Waals surface area contributed by atoms with Crippen LogP contribution in [0.4, 0.5) is 0 Å². The molecule has 2 rings (SSSR count). The van der Waals surface area contributed by atoms with Crippen molar-refractivity contribution >= 4 is 0 Å². The van der Waals surface area contributed by atoms with Crippen LogP contribution in [-0.2, 0) is 7.05 Å². The minimum absolute atomic E-state index is 0.569. The van der Waals surface area contributed by atoms with Gasteiger partial charge in [-0.15, -0.1) is 10.2 Å². The van der Waals surface area contributed by atoms with E-state index in [2.05, 4.69) is 33.5 Å². The normalized spacial score (nSPS) is 22.9.